The fraction of sp³-hybridized carbons (Fsp3) is 0.111. The Hall–Kier alpha value is -1.44. The number of hydrogen-bond donors (Lipinski definition) is 1. The van der Waals surface area contributed by atoms with Crippen LogP contribution in [0, 0.1) is 6.92 Å². The average Bonchev–Trinajstić information content (AvgIpc) is 2.55. The van der Waals surface area contributed by atoms with Crippen LogP contribution in [0.5, 0.6) is 0 Å². The molecule has 2 aromatic rings. The van der Waals surface area contributed by atoms with Crippen LogP contribution >= 0.6 is 0 Å². The van der Waals surface area contributed by atoms with Crippen LogP contribution in [-0.4, -0.2) is 4.98 Å². The van der Waals surface area contributed by atoms with E-state index >= 15 is 0 Å². The third kappa shape index (κ3) is 1.07. The third-order valence-electron chi connectivity index (χ3n) is 1.62. The molecule has 56 valence electrons. The summed E-state index contributed by atoms with van der Waals surface area (Å²) < 4.78 is 5.20. The quantitative estimate of drug-likeness (QED) is 0.659. The van der Waals surface area contributed by atoms with Gasteiger partial charge in [0.25, 0.3) is 0 Å². The molecule has 0 aliphatic heterocycles. The summed E-state index contributed by atoms with van der Waals surface area (Å²) in [5.74, 6) is 0.887. The standard InChI is InChI=1S/C9H9NO/c1-7-4-5-8(10-7)9-3-2-6-11-9/h2-6,10H,1H3. The SMILES string of the molecule is Cc1ccc(-c2ccco2)[nH]1. The van der Waals surface area contributed by atoms with E-state index in [2.05, 4.69) is 4.98 Å². The van der Waals surface area contributed by atoms with Gasteiger partial charge in [-0.05, 0) is 31.2 Å². The highest BCUT2D eigenvalue weighted by Gasteiger charge is 1.99. The summed E-state index contributed by atoms with van der Waals surface area (Å²) in [6.45, 7) is 2.02. The first kappa shape index (κ1) is 6.28. The van der Waals surface area contributed by atoms with Gasteiger partial charge in [-0.15, -0.1) is 0 Å². The Morgan fingerprint density at radius 3 is 2.73 bits per heavy atom. The molecule has 0 unspecified atom stereocenters. The molecular formula is C9H9NO. The number of H-pyrrole nitrogens is 1. The molecule has 0 aliphatic carbocycles. The highest BCUT2D eigenvalue weighted by molar-refractivity contribution is 5.52. The Kier molecular flexibility index (Phi) is 1.32. The van der Waals surface area contributed by atoms with E-state index in [-0.39, 0.29) is 0 Å². The highest BCUT2D eigenvalue weighted by atomic mass is 16.3. The van der Waals surface area contributed by atoms with E-state index in [4.69, 9.17) is 4.42 Å². The minimum Gasteiger partial charge on any atom is -0.463 e. The van der Waals surface area contributed by atoms with E-state index in [0.717, 1.165) is 17.1 Å². The van der Waals surface area contributed by atoms with Crippen molar-refractivity contribution in [3.05, 3.63) is 36.2 Å². The van der Waals surface area contributed by atoms with Crippen molar-refractivity contribution in [1.82, 2.24) is 4.98 Å². The fourth-order valence-corrected chi connectivity index (χ4v) is 1.08. The summed E-state index contributed by atoms with van der Waals surface area (Å²) in [7, 11) is 0. The minimum absolute atomic E-state index is 0.887. The van der Waals surface area contributed by atoms with E-state index < -0.39 is 0 Å². The number of nitrogens with one attached hydrogen (secondary N) is 1. The Labute approximate surface area is 64.9 Å². The summed E-state index contributed by atoms with van der Waals surface area (Å²) in [5, 5.41) is 0. The van der Waals surface area contributed by atoms with E-state index in [9.17, 15) is 0 Å². The zero-order chi connectivity index (χ0) is 7.68. The van der Waals surface area contributed by atoms with Crippen molar-refractivity contribution < 1.29 is 4.42 Å². The molecule has 0 atom stereocenters. The van der Waals surface area contributed by atoms with Gasteiger partial charge in [-0.25, -0.2) is 0 Å². The van der Waals surface area contributed by atoms with Crippen LogP contribution in [0.3, 0.4) is 0 Å². The predicted octanol–water partition coefficient (Wildman–Crippen LogP) is 2.58. The van der Waals surface area contributed by atoms with Gasteiger partial charge in [0.15, 0.2) is 0 Å². The Balaban J connectivity index is 2.45. The normalized spacial score (nSPS) is 10.3. The monoisotopic (exact) mass is 147 g/mol. The lowest BCUT2D eigenvalue weighted by Crippen LogP contribution is -1.72. The van der Waals surface area contributed by atoms with Crippen LogP contribution in [-0.2, 0) is 0 Å². The zero-order valence-electron chi connectivity index (χ0n) is 6.29. The van der Waals surface area contributed by atoms with Gasteiger partial charge in [0.05, 0.1) is 12.0 Å². The highest BCUT2D eigenvalue weighted by Crippen LogP contribution is 2.17. The van der Waals surface area contributed by atoms with Gasteiger partial charge in [0.1, 0.15) is 5.76 Å². The van der Waals surface area contributed by atoms with Gasteiger partial charge in [-0.3, -0.25) is 0 Å². The van der Waals surface area contributed by atoms with Crippen LogP contribution < -0.4 is 0 Å². The van der Waals surface area contributed by atoms with Crippen molar-refractivity contribution in [2.24, 2.45) is 0 Å². The van der Waals surface area contributed by atoms with Crippen LogP contribution in [0.15, 0.2) is 34.9 Å². The van der Waals surface area contributed by atoms with Crippen molar-refractivity contribution in [3.63, 3.8) is 0 Å². The first-order valence-electron chi connectivity index (χ1n) is 3.56. The van der Waals surface area contributed by atoms with Crippen molar-refractivity contribution in [3.8, 4) is 11.5 Å². The van der Waals surface area contributed by atoms with Crippen LogP contribution in [0.4, 0.5) is 0 Å². The molecule has 0 bridgehead atoms. The molecule has 2 aromatic heterocycles. The molecule has 0 spiro atoms. The van der Waals surface area contributed by atoms with E-state index in [1.165, 1.54) is 0 Å². The van der Waals surface area contributed by atoms with E-state index in [0.29, 0.717) is 0 Å². The molecule has 0 radical (unpaired) electrons. The lowest BCUT2D eigenvalue weighted by atomic mass is 10.3. The lowest BCUT2D eigenvalue weighted by Gasteiger charge is -1.88. The molecule has 0 amide bonds. The maximum absolute atomic E-state index is 5.20. The molecule has 2 heterocycles. The molecule has 0 saturated heterocycles. The van der Waals surface area contributed by atoms with Crippen molar-refractivity contribution in [2.45, 2.75) is 6.92 Å². The number of furan rings is 1. The number of aryl methyl sites for hydroxylation is 1. The minimum atomic E-state index is 0.887. The first-order valence-corrected chi connectivity index (χ1v) is 3.56. The largest absolute Gasteiger partial charge is 0.463 e. The van der Waals surface area contributed by atoms with Gasteiger partial charge in [0.2, 0.25) is 0 Å². The van der Waals surface area contributed by atoms with Crippen LogP contribution in [0.1, 0.15) is 5.69 Å². The maximum Gasteiger partial charge on any atom is 0.150 e. The molecule has 2 heteroatoms. The smallest absolute Gasteiger partial charge is 0.150 e. The summed E-state index contributed by atoms with van der Waals surface area (Å²) in [6.07, 6.45) is 1.67. The van der Waals surface area contributed by atoms with Crippen LogP contribution in [0.25, 0.3) is 11.5 Å². The fourth-order valence-electron chi connectivity index (χ4n) is 1.08. The van der Waals surface area contributed by atoms with Gasteiger partial charge in [-0.2, -0.15) is 0 Å². The summed E-state index contributed by atoms with van der Waals surface area (Å²) in [6, 6.07) is 7.85. The number of rotatable bonds is 1. The Morgan fingerprint density at radius 2 is 2.18 bits per heavy atom. The second kappa shape index (κ2) is 2.31. The van der Waals surface area contributed by atoms with E-state index in [1.807, 2.05) is 31.2 Å². The topological polar surface area (TPSA) is 28.9 Å². The van der Waals surface area contributed by atoms with E-state index in [1.54, 1.807) is 6.26 Å². The van der Waals surface area contributed by atoms with Gasteiger partial charge in [-0.1, -0.05) is 0 Å². The predicted molar refractivity (Wildman–Crippen MR) is 43.2 cm³/mol. The second-order valence-corrected chi connectivity index (χ2v) is 2.53. The maximum atomic E-state index is 5.20. The molecular weight excluding hydrogens is 138 g/mol. The second-order valence-electron chi connectivity index (χ2n) is 2.53. The summed E-state index contributed by atoms with van der Waals surface area (Å²) >= 11 is 0. The number of aromatic amines is 1. The van der Waals surface area contributed by atoms with Gasteiger partial charge < -0.3 is 9.40 Å². The average molecular weight is 147 g/mol. The van der Waals surface area contributed by atoms with Crippen molar-refractivity contribution >= 4 is 0 Å². The lowest BCUT2D eigenvalue weighted by molar-refractivity contribution is 0.580. The zero-order valence-corrected chi connectivity index (χ0v) is 6.29. The molecule has 11 heavy (non-hydrogen) atoms. The van der Waals surface area contributed by atoms with Crippen molar-refractivity contribution in [1.29, 1.82) is 0 Å². The van der Waals surface area contributed by atoms with Gasteiger partial charge in [0, 0.05) is 5.69 Å². The molecule has 0 fully saturated rings. The summed E-state index contributed by atoms with van der Waals surface area (Å²) in [4.78, 5) is 3.18. The summed E-state index contributed by atoms with van der Waals surface area (Å²) in [5.41, 5.74) is 2.18. The molecule has 2 nitrogen and oxygen atoms in total. The van der Waals surface area contributed by atoms with Crippen molar-refractivity contribution in [2.75, 3.05) is 0 Å². The Morgan fingerprint density at radius 1 is 1.27 bits per heavy atom. The number of hydrogen-bond acceptors (Lipinski definition) is 1. The number of aromatic nitrogens is 1. The third-order valence-corrected chi connectivity index (χ3v) is 1.62. The Bertz CT molecular complexity index is 332. The molecule has 0 saturated carbocycles. The first-order chi connectivity index (χ1) is 5.36. The van der Waals surface area contributed by atoms with Gasteiger partial charge >= 0.3 is 0 Å². The van der Waals surface area contributed by atoms with Crippen LogP contribution in [0.2, 0.25) is 0 Å². The molecule has 0 aromatic carbocycles. The molecule has 2 rings (SSSR count). The molecule has 1 N–H and O–H groups in total. The molecule has 0 aliphatic rings.